The highest BCUT2D eigenvalue weighted by molar-refractivity contribution is 8.26. The van der Waals surface area contributed by atoms with Crippen molar-refractivity contribution in [2.75, 3.05) is 0 Å². The second kappa shape index (κ2) is 10.3. The Balaban J connectivity index is 1.70. The van der Waals surface area contributed by atoms with E-state index in [0.717, 1.165) is 22.9 Å². The third-order valence-corrected chi connectivity index (χ3v) is 6.34. The molecule has 1 amide bonds. The predicted molar refractivity (Wildman–Crippen MR) is 128 cm³/mol. The monoisotopic (exact) mass is 475 g/mol. The summed E-state index contributed by atoms with van der Waals surface area (Å²) in [4.78, 5) is 26.2. The lowest BCUT2D eigenvalue weighted by molar-refractivity contribution is -0.145. The van der Waals surface area contributed by atoms with Crippen LogP contribution in [-0.2, 0) is 16.2 Å². The highest BCUT2D eigenvalue weighted by atomic mass is 35.5. The van der Waals surface area contributed by atoms with Gasteiger partial charge in [-0.3, -0.25) is 9.69 Å². The standard InChI is InChI=1S/C23H22ClNO4S2/c1-14(2)11-19(22(27)28)25-21(26)20(31-23(25)30)12-15-7-9-17(10-8-15)29-13-16-5-3-4-6-18(16)24/h3-10,12,14,19H,11,13H2,1-2H3,(H,27,28)/b20-12-. The number of thiocarbonyl (C=S) groups is 1. The number of nitrogens with zero attached hydrogens (tertiary/aromatic N) is 1. The largest absolute Gasteiger partial charge is 0.489 e. The van der Waals surface area contributed by atoms with Crippen LogP contribution in [0.25, 0.3) is 6.08 Å². The maximum absolute atomic E-state index is 12.9. The van der Waals surface area contributed by atoms with Crippen LogP contribution in [-0.4, -0.2) is 32.2 Å². The summed E-state index contributed by atoms with van der Waals surface area (Å²) in [5.41, 5.74) is 1.69. The highest BCUT2D eigenvalue weighted by Gasteiger charge is 2.40. The second-order valence-electron chi connectivity index (χ2n) is 7.48. The van der Waals surface area contributed by atoms with Gasteiger partial charge in [0.05, 0.1) is 4.91 Å². The molecule has 1 aliphatic heterocycles. The molecule has 162 valence electrons. The molecule has 0 radical (unpaired) electrons. The van der Waals surface area contributed by atoms with Gasteiger partial charge in [0.15, 0.2) is 0 Å². The quantitative estimate of drug-likeness (QED) is 0.395. The van der Waals surface area contributed by atoms with Crippen molar-refractivity contribution < 1.29 is 19.4 Å². The minimum atomic E-state index is -1.05. The Morgan fingerprint density at radius 3 is 2.52 bits per heavy atom. The number of carboxylic acid groups (broad SMARTS) is 1. The summed E-state index contributed by atoms with van der Waals surface area (Å²) in [6.45, 7) is 4.18. The molecule has 2 aromatic rings. The minimum absolute atomic E-state index is 0.119. The molecule has 1 heterocycles. The van der Waals surface area contributed by atoms with Crippen molar-refractivity contribution >= 4 is 57.9 Å². The normalized spacial score (nSPS) is 16.3. The summed E-state index contributed by atoms with van der Waals surface area (Å²) in [5, 5.41) is 10.2. The van der Waals surface area contributed by atoms with E-state index in [1.165, 1.54) is 4.90 Å². The third-order valence-electron chi connectivity index (χ3n) is 4.64. The van der Waals surface area contributed by atoms with Crippen LogP contribution in [0.15, 0.2) is 53.4 Å². The highest BCUT2D eigenvalue weighted by Crippen LogP contribution is 2.35. The molecule has 0 saturated carbocycles. The molecule has 1 fully saturated rings. The Morgan fingerprint density at radius 1 is 1.23 bits per heavy atom. The van der Waals surface area contributed by atoms with Gasteiger partial charge in [-0.1, -0.05) is 79.8 Å². The number of hydrogen-bond acceptors (Lipinski definition) is 5. The van der Waals surface area contributed by atoms with Crippen LogP contribution in [0.1, 0.15) is 31.4 Å². The third kappa shape index (κ3) is 5.87. The van der Waals surface area contributed by atoms with E-state index in [1.807, 2.05) is 62.4 Å². The summed E-state index contributed by atoms with van der Waals surface area (Å²) in [6, 6.07) is 13.8. The van der Waals surface area contributed by atoms with Gasteiger partial charge in [-0.15, -0.1) is 0 Å². The molecule has 0 bridgehead atoms. The van der Waals surface area contributed by atoms with E-state index in [-0.39, 0.29) is 16.1 Å². The van der Waals surface area contributed by atoms with Crippen LogP contribution in [0.3, 0.4) is 0 Å². The van der Waals surface area contributed by atoms with Gasteiger partial charge < -0.3 is 9.84 Å². The first-order valence-corrected chi connectivity index (χ1v) is 11.3. The number of benzene rings is 2. The molecule has 3 rings (SSSR count). The lowest BCUT2D eigenvalue weighted by Crippen LogP contribution is -2.44. The summed E-state index contributed by atoms with van der Waals surface area (Å²) in [5.74, 6) is -0.631. The van der Waals surface area contributed by atoms with Crippen molar-refractivity contribution in [1.29, 1.82) is 0 Å². The van der Waals surface area contributed by atoms with Crippen molar-refractivity contribution in [3.05, 3.63) is 69.6 Å². The fourth-order valence-electron chi connectivity index (χ4n) is 3.10. The van der Waals surface area contributed by atoms with Gasteiger partial charge in [0, 0.05) is 10.6 Å². The molecule has 0 aromatic heterocycles. The molecule has 1 atom stereocenters. The smallest absolute Gasteiger partial charge is 0.326 e. The van der Waals surface area contributed by atoms with Gasteiger partial charge in [-0.05, 0) is 42.2 Å². The van der Waals surface area contributed by atoms with Crippen LogP contribution >= 0.6 is 35.6 Å². The van der Waals surface area contributed by atoms with Crippen LogP contribution in [0, 0.1) is 5.92 Å². The summed E-state index contributed by atoms with van der Waals surface area (Å²) in [7, 11) is 0. The minimum Gasteiger partial charge on any atom is -0.489 e. The molecular formula is C23H22ClNO4S2. The number of carbonyl (C=O) groups excluding carboxylic acids is 1. The van der Waals surface area contributed by atoms with Crippen molar-refractivity contribution in [2.45, 2.75) is 32.9 Å². The average molecular weight is 476 g/mol. The maximum Gasteiger partial charge on any atom is 0.326 e. The Labute approximate surface area is 196 Å². The lowest BCUT2D eigenvalue weighted by Gasteiger charge is -2.24. The predicted octanol–water partition coefficient (Wildman–Crippen LogP) is 5.62. The zero-order chi connectivity index (χ0) is 22.5. The fourth-order valence-corrected chi connectivity index (χ4v) is 4.65. The van der Waals surface area contributed by atoms with Crippen LogP contribution in [0.4, 0.5) is 0 Å². The first kappa shape index (κ1) is 23.3. The van der Waals surface area contributed by atoms with Gasteiger partial charge in [0.1, 0.15) is 22.7 Å². The van der Waals surface area contributed by atoms with E-state index in [2.05, 4.69) is 0 Å². The zero-order valence-electron chi connectivity index (χ0n) is 17.1. The molecule has 0 aliphatic carbocycles. The van der Waals surface area contributed by atoms with Crippen molar-refractivity contribution in [2.24, 2.45) is 5.92 Å². The van der Waals surface area contributed by atoms with Gasteiger partial charge in [-0.25, -0.2) is 4.79 Å². The van der Waals surface area contributed by atoms with E-state index in [4.69, 9.17) is 28.6 Å². The van der Waals surface area contributed by atoms with Gasteiger partial charge in [0.25, 0.3) is 5.91 Å². The fraction of sp³-hybridized carbons (Fsp3) is 0.261. The first-order valence-electron chi connectivity index (χ1n) is 9.72. The van der Waals surface area contributed by atoms with Crippen molar-refractivity contribution in [3.63, 3.8) is 0 Å². The lowest BCUT2D eigenvalue weighted by atomic mass is 10.0. The molecule has 1 saturated heterocycles. The molecule has 2 aromatic carbocycles. The number of carboxylic acids is 1. The van der Waals surface area contributed by atoms with Gasteiger partial charge >= 0.3 is 5.97 Å². The van der Waals surface area contributed by atoms with E-state index < -0.39 is 12.0 Å². The van der Waals surface area contributed by atoms with E-state index >= 15 is 0 Å². The number of halogens is 1. The van der Waals surface area contributed by atoms with Crippen LogP contribution in [0.2, 0.25) is 5.02 Å². The Kier molecular flexibility index (Phi) is 7.75. The summed E-state index contributed by atoms with van der Waals surface area (Å²) < 4.78 is 6.04. The zero-order valence-corrected chi connectivity index (χ0v) is 19.5. The molecule has 1 N–H and O–H groups in total. The number of aliphatic carboxylic acids is 1. The number of amides is 1. The molecule has 5 nitrogen and oxygen atoms in total. The number of rotatable bonds is 8. The Bertz CT molecular complexity index is 1020. The van der Waals surface area contributed by atoms with Gasteiger partial charge in [-0.2, -0.15) is 0 Å². The number of hydrogen-bond donors (Lipinski definition) is 1. The topological polar surface area (TPSA) is 66.8 Å². The summed E-state index contributed by atoms with van der Waals surface area (Å²) in [6.07, 6.45) is 2.05. The SMILES string of the molecule is CC(C)CC(C(=O)O)N1C(=O)/C(=C/c2ccc(OCc3ccccc3Cl)cc2)SC1=S. The average Bonchev–Trinajstić information content (AvgIpc) is 2.99. The Hall–Kier alpha value is -2.35. The maximum atomic E-state index is 12.9. The van der Waals surface area contributed by atoms with E-state index in [0.29, 0.717) is 28.7 Å². The molecular weight excluding hydrogens is 454 g/mol. The van der Waals surface area contributed by atoms with E-state index in [1.54, 1.807) is 6.08 Å². The Morgan fingerprint density at radius 2 is 1.90 bits per heavy atom. The first-order chi connectivity index (χ1) is 14.8. The number of thioether (sulfide) groups is 1. The van der Waals surface area contributed by atoms with Crippen LogP contribution < -0.4 is 4.74 Å². The van der Waals surface area contributed by atoms with Crippen molar-refractivity contribution in [1.82, 2.24) is 4.90 Å². The molecule has 31 heavy (non-hydrogen) atoms. The molecule has 8 heteroatoms. The number of ether oxygens (including phenoxy) is 1. The molecule has 1 unspecified atom stereocenters. The van der Waals surface area contributed by atoms with Gasteiger partial charge in [0.2, 0.25) is 0 Å². The van der Waals surface area contributed by atoms with E-state index in [9.17, 15) is 14.7 Å². The second-order valence-corrected chi connectivity index (χ2v) is 9.57. The van der Waals surface area contributed by atoms with Crippen molar-refractivity contribution in [3.8, 4) is 5.75 Å². The molecule has 1 aliphatic rings. The number of carbonyl (C=O) groups is 2. The summed E-state index contributed by atoms with van der Waals surface area (Å²) >= 11 is 12.6. The van der Waals surface area contributed by atoms with Crippen LogP contribution in [0.5, 0.6) is 5.75 Å². The molecule has 0 spiro atoms.